The van der Waals surface area contributed by atoms with Gasteiger partial charge in [0.25, 0.3) is 11.6 Å². The average molecular weight is 341 g/mol. The van der Waals surface area contributed by atoms with E-state index in [0.717, 1.165) is 11.3 Å². The van der Waals surface area contributed by atoms with Gasteiger partial charge in [0, 0.05) is 18.6 Å². The fourth-order valence-corrected chi connectivity index (χ4v) is 2.16. The third kappa shape index (κ3) is 4.31. The van der Waals surface area contributed by atoms with E-state index in [4.69, 9.17) is 14.0 Å². The predicted molar refractivity (Wildman–Crippen MR) is 87.5 cm³/mol. The smallest absolute Gasteiger partial charge is 0.269 e. The van der Waals surface area contributed by atoms with Crippen LogP contribution >= 0.6 is 0 Å². The molecule has 1 heterocycles. The number of aromatic nitrogens is 2. The fraction of sp³-hybridized carbons (Fsp3) is 0.176. The molecule has 0 atom stereocenters. The summed E-state index contributed by atoms with van der Waals surface area (Å²) in [4.78, 5) is 14.5. The van der Waals surface area contributed by atoms with Gasteiger partial charge in [0.1, 0.15) is 11.5 Å². The van der Waals surface area contributed by atoms with Crippen molar-refractivity contribution in [3.05, 3.63) is 75.9 Å². The number of nitro benzene ring substituents is 1. The summed E-state index contributed by atoms with van der Waals surface area (Å²) in [5.74, 6) is 2.25. The van der Waals surface area contributed by atoms with Crippen molar-refractivity contribution in [3.63, 3.8) is 0 Å². The molecular weight excluding hydrogens is 326 g/mol. The van der Waals surface area contributed by atoms with Gasteiger partial charge in [0.15, 0.2) is 12.4 Å². The first-order valence-electron chi connectivity index (χ1n) is 7.45. The van der Waals surface area contributed by atoms with Gasteiger partial charge in [-0.1, -0.05) is 17.3 Å². The normalized spacial score (nSPS) is 10.4. The Morgan fingerprint density at radius 3 is 2.40 bits per heavy atom. The van der Waals surface area contributed by atoms with Crippen molar-refractivity contribution in [3.8, 4) is 11.5 Å². The molecule has 0 spiro atoms. The van der Waals surface area contributed by atoms with Crippen molar-refractivity contribution in [1.29, 1.82) is 0 Å². The van der Waals surface area contributed by atoms with Gasteiger partial charge in [-0.25, -0.2) is 0 Å². The highest BCUT2D eigenvalue weighted by Gasteiger charge is 2.10. The minimum atomic E-state index is -0.438. The second kappa shape index (κ2) is 7.43. The zero-order valence-corrected chi connectivity index (χ0v) is 13.4. The molecule has 0 saturated carbocycles. The number of nitrogens with zero attached hydrogens (tertiary/aromatic N) is 3. The van der Waals surface area contributed by atoms with Crippen LogP contribution in [-0.2, 0) is 13.0 Å². The Balaban J connectivity index is 1.57. The van der Waals surface area contributed by atoms with Crippen LogP contribution in [0, 0.1) is 10.1 Å². The molecule has 0 aliphatic rings. The second-order valence-corrected chi connectivity index (χ2v) is 5.17. The first kappa shape index (κ1) is 16.4. The van der Waals surface area contributed by atoms with Gasteiger partial charge in [-0.2, -0.15) is 4.98 Å². The Kier molecular flexibility index (Phi) is 4.89. The molecule has 3 rings (SSSR count). The maximum Gasteiger partial charge on any atom is 0.269 e. The SMILES string of the molecule is COc1ccc(OCc2nc(Cc3ccc([N+](=O)[O-])cc3)no2)cc1. The molecule has 0 aliphatic heterocycles. The van der Waals surface area contributed by atoms with Crippen LogP contribution in [0.25, 0.3) is 0 Å². The lowest BCUT2D eigenvalue weighted by molar-refractivity contribution is -0.384. The molecule has 3 aromatic rings. The number of hydrogen-bond donors (Lipinski definition) is 0. The molecule has 128 valence electrons. The largest absolute Gasteiger partial charge is 0.497 e. The van der Waals surface area contributed by atoms with Crippen LogP contribution in [0.15, 0.2) is 53.1 Å². The summed E-state index contributed by atoms with van der Waals surface area (Å²) < 4.78 is 15.8. The van der Waals surface area contributed by atoms with Crippen molar-refractivity contribution >= 4 is 5.69 Å². The van der Waals surface area contributed by atoms with Crippen LogP contribution in [0.1, 0.15) is 17.3 Å². The predicted octanol–water partition coefficient (Wildman–Crippen LogP) is 3.16. The van der Waals surface area contributed by atoms with Gasteiger partial charge in [0.05, 0.1) is 12.0 Å². The molecule has 0 N–H and O–H groups in total. The fourth-order valence-electron chi connectivity index (χ4n) is 2.16. The summed E-state index contributed by atoms with van der Waals surface area (Å²) in [6, 6.07) is 13.4. The molecule has 0 amide bonds. The van der Waals surface area contributed by atoms with Crippen molar-refractivity contribution in [1.82, 2.24) is 10.1 Å². The van der Waals surface area contributed by atoms with E-state index in [9.17, 15) is 10.1 Å². The highest BCUT2D eigenvalue weighted by atomic mass is 16.6. The molecular formula is C17H15N3O5. The quantitative estimate of drug-likeness (QED) is 0.480. The van der Waals surface area contributed by atoms with Gasteiger partial charge in [-0.15, -0.1) is 0 Å². The number of nitro groups is 1. The molecule has 0 saturated heterocycles. The van der Waals surface area contributed by atoms with E-state index in [1.54, 1.807) is 43.5 Å². The molecule has 8 heteroatoms. The van der Waals surface area contributed by atoms with E-state index < -0.39 is 4.92 Å². The Morgan fingerprint density at radius 1 is 1.08 bits per heavy atom. The van der Waals surface area contributed by atoms with Crippen molar-refractivity contribution in [2.24, 2.45) is 0 Å². The number of hydrogen-bond acceptors (Lipinski definition) is 7. The lowest BCUT2D eigenvalue weighted by Crippen LogP contribution is -1.97. The van der Waals surface area contributed by atoms with E-state index in [0.29, 0.717) is 23.9 Å². The maximum atomic E-state index is 10.6. The van der Waals surface area contributed by atoms with Crippen molar-refractivity contribution in [2.45, 2.75) is 13.0 Å². The lowest BCUT2D eigenvalue weighted by atomic mass is 10.1. The molecule has 0 unspecified atom stereocenters. The number of benzene rings is 2. The Morgan fingerprint density at radius 2 is 1.76 bits per heavy atom. The summed E-state index contributed by atoms with van der Waals surface area (Å²) in [7, 11) is 1.60. The van der Waals surface area contributed by atoms with Crippen LogP contribution in [0.5, 0.6) is 11.5 Å². The van der Waals surface area contributed by atoms with E-state index in [1.807, 2.05) is 0 Å². The third-order valence-electron chi connectivity index (χ3n) is 3.44. The van der Waals surface area contributed by atoms with E-state index >= 15 is 0 Å². The minimum absolute atomic E-state index is 0.0467. The monoisotopic (exact) mass is 341 g/mol. The summed E-state index contributed by atoms with van der Waals surface area (Å²) in [6.45, 7) is 0.152. The van der Waals surface area contributed by atoms with E-state index in [2.05, 4.69) is 10.1 Å². The molecule has 0 fully saturated rings. The first-order valence-corrected chi connectivity index (χ1v) is 7.45. The van der Waals surface area contributed by atoms with Gasteiger partial charge >= 0.3 is 0 Å². The van der Waals surface area contributed by atoms with Crippen molar-refractivity contribution < 1.29 is 18.9 Å². The molecule has 8 nitrogen and oxygen atoms in total. The first-order chi connectivity index (χ1) is 12.1. The Bertz CT molecular complexity index is 843. The lowest BCUT2D eigenvalue weighted by Gasteiger charge is -2.04. The number of ether oxygens (including phenoxy) is 2. The standard InChI is InChI=1S/C17H15N3O5/c1-23-14-6-8-15(9-7-14)24-11-17-18-16(19-25-17)10-12-2-4-13(5-3-12)20(21)22/h2-9H,10-11H2,1H3. The molecule has 25 heavy (non-hydrogen) atoms. The van der Waals surface area contributed by atoms with Crippen LogP contribution < -0.4 is 9.47 Å². The van der Waals surface area contributed by atoms with Gasteiger partial charge in [-0.3, -0.25) is 10.1 Å². The zero-order valence-electron chi connectivity index (χ0n) is 13.4. The topological polar surface area (TPSA) is 101 Å². The third-order valence-corrected chi connectivity index (χ3v) is 3.44. The summed E-state index contributed by atoms with van der Waals surface area (Å²) in [5.41, 5.74) is 0.902. The summed E-state index contributed by atoms with van der Waals surface area (Å²) in [6.07, 6.45) is 0.421. The minimum Gasteiger partial charge on any atom is -0.497 e. The highest BCUT2D eigenvalue weighted by molar-refractivity contribution is 5.34. The zero-order chi connectivity index (χ0) is 17.6. The number of methoxy groups -OCH3 is 1. The molecule has 0 bridgehead atoms. The molecule has 1 aromatic heterocycles. The van der Waals surface area contributed by atoms with Crippen LogP contribution in [0.4, 0.5) is 5.69 Å². The number of non-ortho nitro benzene ring substituents is 1. The Labute approximate surface area is 143 Å². The van der Waals surface area contributed by atoms with Gasteiger partial charge < -0.3 is 14.0 Å². The van der Waals surface area contributed by atoms with Crippen molar-refractivity contribution in [2.75, 3.05) is 7.11 Å². The van der Waals surface area contributed by atoms with Crippen LogP contribution in [0.2, 0.25) is 0 Å². The van der Waals surface area contributed by atoms with E-state index in [1.165, 1.54) is 12.1 Å². The van der Waals surface area contributed by atoms with Crippen LogP contribution in [0.3, 0.4) is 0 Å². The highest BCUT2D eigenvalue weighted by Crippen LogP contribution is 2.18. The Hall–Kier alpha value is -3.42. The average Bonchev–Trinajstić information content (AvgIpc) is 3.08. The molecule has 0 aliphatic carbocycles. The molecule has 2 aromatic carbocycles. The van der Waals surface area contributed by atoms with Crippen LogP contribution in [-0.4, -0.2) is 22.2 Å². The molecule has 0 radical (unpaired) electrons. The van der Waals surface area contributed by atoms with Gasteiger partial charge in [-0.05, 0) is 29.8 Å². The summed E-state index contributed by atoms with van der Waals surface area (Å²) >= 11 is 0. The maximum absolute atomic E-state index is 10.6. The number of rotatable bonds is 7. The second-order valence-electron chi connectivity index (χ2n) is 5.17. The van der Waals surface area contributed by atoms with E-state index in [-0.39, 0.29) is 12.3 Å². The van der Waals surface area contributed by atoms with Gasteiger partial charge in [0.2, 0.25) is 0 Å². The summed E-state index contributed by atoms with van der Waals surface area (Å²) in [5, 5.41) is 14.5.